The Morgan fingerprint density at radius 3 is 2.38 bits per heavy atom. The Bertz CT molecular complexity index is 1220. The highest BCUT2D eigenvalue weighted by atomic mass is 35.5. The third kappa shape index (κ3) is 8.64. The highest BCUT2D eigenvalue weighted by Gasteiger charge is 2.24. The van der Waals surface area contributed by atoms with Gasteiger partial charge in [0.15, 0.2) is 0 Å². The van der Waals surface area contributed by atoms with E-state index in [1.54, 1.807) is 60.7 Å². The Balaban J connectivity index is 1.51. The van der Waals surface area contributed by atoms with E-state index in [0.29, 0.717) is 27.1 Å². The third-order valence-corrected chi connectivity index (χ3v) is 5.02. The molecule has 3 rings (SSSR count). The molecule has 0 radical (unpaired) electrons. The van der Waals surface area contributed by atoms with Crippen LogP contribution in [-0.4, -0.2) is 51.4 Å². The summed E-state index contributed by atoms with van der Waals surface area (Å²) in [4.78, 5) is 29.8. The minimum absolute atomic E-state index is 0.119. The molecule has 1 heterocycles. The number of benzene rings is 2. The number of carbonyl (C=O) groups is 2. The van der Waals surface area contributed by atoms with Gasteiger partial charge in [-0.2, -0.15) is 5.26 Å². The van der Waals surface area contributed by atoms with E-state index in [4.69, 9.17) is 26.7 Å². The van der Waals surface area contributed by atoms with Crippen LogP contribution in [-0.2, 0) is 6.54 Å². The van der Waals surface area contributed by atoms with E-state index < -0.39 is 31.3 Å². The number of halogens is 1. The maximum Gasteiger partial charge on any atom is 0.341 e. The lowest BCUT2D eigenvalue weighted by molar-refractivity contribution is 0.0734. The Hall–Kier alpha value is -4.41. The number of aliphatic hydroxyl groups excluding tert-OH is 2. The van der Waals surface area contributed by atoms with Gasteiger partial charge in [0.25, 0.3) is 0 Å². The number of ether oxygens (including phenoxy) is 1. The molecule has 0 unspecified atom stereocenters. The number of nitrogens with one attached hydrogen (secondary N) is 4. The van der Waals surface area contributed by atoms with Gasteiger partial charge in [-0.25, -0.2) is 19.5 Å². The molecule has 2 aromatic carbocycles. The van der Waals surface area contributed by atoms with E-state index in [1.165, 1.54) is 6.20 Å². The first-order valence-corrected chi connectivity index (χ1v) is 11.3. The molecule has 0 aliphatic heterocycles. The second-order valence-electron chi connectivity index (χ2n) is 7.53. The molecular formula is C24H24ClN7O5. The van der Waals surface area contributed by atoms with Gasteiger partial charge in [-0.05, 0) is 54.1 Å². The Labute approximate surface area is 217 Å². The van der Waals surface area contributed by atoms with Gasteiger partial charge >= 0.3 is 12.1 Å². The van der Waals surface area contributed by atoms with Gasteiger partial charge < -0.3 is 25.7 Å². The van der Waals surface area contributed by atoms with E-state index >= 15 is 0 Å². The zero-order valence-corrected chi connectivity index (χ0v) is 20.1. The lowest BCUT2D eigenvalue weighted by Gasteiger charge is -2.24. The van der Waals surface area contributed by atoms with Crippen molar-refractivity contribution in [2.24, 2.45) is 0 Å². The number of rotatable bonds is 10. The summed E-state index contributed by atoms with van der Waals surface area (Å²) in [6, 6.07) is 16.9. The molecule has 4 amide bonds. The fourth-order valence-electron chi connectivity index (χ4n) is 2.88. The van der Waals surface area contributed by atoms with Crippen molar-refractivity contribution < 1.29 is 24.5 Å². The number of nitrogens with zero attached hydrogens (tertiary/aromatic N) is 3. The van der Waals surface area contributed by atoms with Gasteiger partial charge in [-0.1, -0.05) is 23.7 Å². The van der Waals surface area contributed by atoms with Crippen LogP contribution in [0.25, 0.3) is 0 Å². The van der Waals surface area contributed by atoms with E-state index in [9.17, 15) is 14.7 Å². The van der Waals surface area contributed by atoms with Crippen LogP contribution >= 0.6 is 11.6 Å². The molecule has 12 nitrogen and oxygen atoms in total. The van der Waals surface area contributed by atoms with E-state index in [0.717, 1.165) is 5.56 Å². The van der Waals surface area contributed by atoms with Crippen molar-refractivity contribution in [1.29, 1.82) is 5.26 Å². The largest absolute Gasteiger partial charge is 0.456 e. The molecule has 13 heteroatoms. The number of hydrazine groups is 2. The van der Waals surface area contributed by atoms with Gasteiger partial charge in [0, 0.05) is 11.6 Å². The Morgan fingerprint density at radius 1 is 1.05 bits per heavy atom. The van der Waals surface area contributed by atoms with E-state index in [-0.39, 0.29) is 12.2 Å². The van der Waals surface area contributed by atoms with Gasteiger partial charge in [0.1, 0.15) is 23.3 Å². The molecule has 1 aromatic heterocycles. The molecule has 0 aliphatic carbocycles. The maximum atomic E-state index is 12.6. The fraction of sp³-hybridized carbons (Fsp3) is 0.167. The minimum atomic E-state index is -1.32. The van der Waals surface area contributed by atoms with Crippen molar-refractivity contribution in [3.8, 4) is 17.6 Å². The van der Waals surface area contributed by atoms with Crippen LogP contribution in [0.2, 0.25) is 5.02 Å². The second-order valence-corrected chi connectivity index (χ2v) is 7.97. The number of anilines is 1. The third-order valence-electron chi connectivity index (χ3n) is 4.77. The number of aromatic nitrogens is 1. The van der Waals surface area contributed by atoms with Crippen molar-refractivity contribution >= 4 is 29.4 Å². The second kappa shape index (κ2) is 13.6. The average Bonchev–Trinajstić information content (AvgIpc) is 2.92. The minimum Gasteiger partial charge on any atom is -0.456 e. The van der Waals surface area contributed by atoms with Gasteiger partial charge in [0.05, 0.1) is 31.1 Å². The highest BCUT2D eigenvalue weighted by Crippen LogP contribution is 2.22. The first-order chi connectivity index (χ1) is 17.9. The quantitative estimate of drug-likeness (QED) is 0.217. The zero-order valence-electron chi connectivity index (χ0n) is 19.4. The zero-order chi connectivity index (χ0) is 26.6. The molecule has 192 valence electrons. The average molecular weight is 526 g/mol. The van der Waals surface area contributed by atoms with Crippen LogP contribution in [0.15, 0.2) is 66.9 Å². The number of amides is 4. The highest BCUT2D eigenvalue weighted by molar-refractivity contribution is 6.30. The topological polar surface area (TPSA) is 172 Å². The van der Waals surface area contributed by atoms with E-state index in [1.807, 2.05) is 6.07 Å². The van der Waals surface area contributed by atoms with Crippen LogP contribution in [0, 0.1) is 11.3 Å². The monoisotopic (exact) mass is 525 g/mol. The standard InChI is InChI=1S/C24H24ClN7O5/c25-17-3-1-16(2-4-17)12-28-23(35)32(14-20(34)15-33)24(36)30-31-29-18-5-8-21(9-6-18)37-22-10-7-19(11-26)27-13-22/h1-10,13,20,29,31,33-34H,12,14-15H2,(H,28,35)(H,30,36)/t20-/m0/s1. The van der Waals surface area contributed by atoms with Crippen LogP contribution in [0.4, 0.5) is 15.3 Å². The molecule has 0 spiro atoms. The number of aliphatic hydroxyl groups is 2. The molecule has 37 heavy (non-hydrogen) atoms. The molecule has 3 aromatic rings. The molecule has 0 fully saturated rings. The summed E-state index contributed by atoms with van der Waals surface area (Å²) in [5.41, 5.74) is 9.11. The lowest BCUT2D eigenvalue weighted by Crippen LogP contribution is -2.55. The predicted octanol–water partition coefficient (Wildman–Crippen LogP) is 2.51. The summed E-state index contributed by atoms with van der Waals surface area (Å²) >= 11 is 5.85. The summed E-state index contributed by atoms with van der Waals surface area (Å²) in [6.07, 6.45) is 0.117. The van der Waals surface area contributed by atoms with Crippen LogP contribution in [0.5, 0.6) is 11.5 Å². The number of hydrogen-bond donors (Lipinski definition) is 6. The fourth-order valence-corrected chi connectivity index (χ4v) is 3.00. The summed E-state index contributed by atoms with van der Waals surface area (Å²) in [7, 11) is 0. The lowest BCUT2D eigenvalue weighted by atomic mass is 10.2. The van der Waals surface area contributed by atoms with Crippen LogP contribution < -0.4 is 26.4 Å². The summed E-state index contributed by atoms with van der Waals surface area (Å²) in [5.74, 6) is 0.979. The number of urea groups is 2. The number of pyridine rings is 1. The summed E-state index contributed by atoms with van der Waals surface area (Å²) < 4.78 is 5.65. The van der Waals surface area contributed by atoms with Crippen LogP contribution in [0.3, 0.4) is 0 Å². The van der Waals surface area contributed by atoms with Crippen molar-refractivity contribution in [1.82, 2.24) is 26.2 Å². The molecule has 0 bridgehead atoms. The first kappa shape index (κ1) is 27.2. The Morgan fingerprint density at radius 2 is 1.76 bits per heavy atom. The smallest absolute Gasteiger partial charge is 0.341 e. The van der Waals surface area contributed by atoms with Crippen molar-refractivity contribution in [3.63, 3.8) is 0 Å². The van der Waals surface area contributed by atoms with Crippen molar-refractivity contribution in [3.05, 3.63) is 83.1 Å². The number of nitriles is 1. The molecule has 0 aliphatic rings. The number of carbonyl (C=O) groups excluding carboxylic acids is 2. The molecular weight excluding hydrogens is 502 g/mol. The van der Waals surface area contributed by atoms with Gasteiger partial charge in [0.2, 0.25) is 0 Å². The van der Waals surface area contributed by atoms with Crippen molar-refractivity contribution in [2.75, 3.05) is 18.6 Å². The predicted molar refractivity (Wildman–Crippen MR) is 134 cm³/mol. The molecule has 0 saturated heterocycles. The van der Waals surface area contributed by atoms with Gasteiger partial charge in [-0.15, -0.1) is 5.53 Å². The van der Waals surface area contributed by atoms with Crippen molar-refractivity contribution in [2.45, 2.75) is 12.6 Å². The Kier molecular flexibility index (Phi) is 10.0. The summed E-state index contributed by atoms with van der Waals surface area (Å²) in [6.45, 7) is -0.951. The first-order valence-electron chi connectivity index (χ1n) is 10.9. The van der Waals surface area contributed by atoms with E-state index in [2.05, 4.69) is 26.7 Å². The van der Waals surface area contributed by atoms with Crippen LogP contribution in [0.1, 0.15) is 11.3 Å². The summed E-state index contributed by atoms with van der Waals surface area (Å²) in [5, 5.41) is 30.8. The normalized spacial score (nSPS) is 11.1. The molecule has 1 atom stereocenters. The number of imide groups is 1. The number of hydrogen-bond acceptors (Lipinski definition) is 9. The SMILES string of the molecule is N#Cc1ccc(Oc2ccc(NNNC(=O)N(C[C@H](O)CO)C(=O)NCc3ccc(Cl)cc3)cc2)cn1. The van der Waals surface area contributed by atoms with Gasteiger partial charge in [-0.3, -0.25) is 5.43 Å². The molecule has 0 saturated carbocycles. The maximum absolute atomic E-state index is 12.6. The molecule has 6 N–H and O–H groups in total.